The number of esters is 1. The molecule has 6 heteroatoms. The number of ether oxygens (including phenoxy) is 1. The van der Waals surface area contributed by atoms with Crippen molar-refractivity contribution in [3.63, 3.8) is 0 Å². The fraction of sp³-hybridized carbons (Fsp3) is 0.934. The van der Waals surface area contributed by atoms with Crippen LogP contribution in [0.25, 0.3) is 0 Å². The SMILES string of the molecule is CCCCCCCCCCCCCCCCCCCCCCCCCC(O)C(CO)NC(=O)CCCCCC/C=C\CCCCOC(=O)CCCCCCCCCCCCCCCCCCC. The van der Waals surface area contributed by atoms with Crippen LogP contribution in [0, 0.1) is 0 Å². The van der Waals surface area contributed by atoms with Crippen LogP contribution in [0.5, 0.6) is 0 Å². The molecule has 0 aliphatic heterocycles. The Labute approximate surface area is 419 Å². The molecule has 67 heavy (non-hydrogen) atoms. The highest BCUT2D eigenvalue weighted by Crippen LogP contribution is 2.18. The molecule has 1 amide bonds. The van der Waals surface area contributed by atoms with E-state index in [1.165, 1.54) is 231 Å². The second kappa shape index (κ2) is 57.2. The van der Waals surface area contributed by atoms with E-state index in [2.05, 4.69) is 31.3 Å². The predicted octanol–water partition coefficient (Wildman–Crippen LogP) is 18.9. The summed E-state index contributed by atoms with van der Waals surface area (Å²) in [5.41, 5.74) is 0. The Morgan fingerprint density at radius 1 is 0.403 bits per heavy atom. The van der Waals surface area contributed by atoms with E-state index in [0.717, 1.165) is 77.0 Å². The number of aliphatic hydroxyl groups is 2. The Hall–Kier alpha value is -1.40. The van der Waals surface area contributed by atoms with Gasteiger partial charge in [-0.3, -0.25) is 9.59 Å². The zero-order valence-corrected chi connectivity index (χ0v) is 45.4. The third-order valence-corrected chi connectivity index (χ3v) is 14.3. The van der Waals surface area contributed by atoms with Crippen molar-refractivity contribution in [1.29, 1.82) is 0 Å². The molecule has 0 saturated heterocycles. The van der Waals surface area contributed by atoms with Crippen LogP contribution in [-0.2, 0) is 14.3 Å². The molecular formula is C61H119NO5. The highest BCUT2D eigenvalue weighted by Gasteiger charge is 2.20. The van der Waals surface area contributed by atoms with Crippen LogP contribution in [0.4, 0.5) is 0 Å². The Kier molecular flexibility index (Phi) is 56.0. The van der Waals surface area contributed by atoms with Crippen molar-refractivity contribution in [2.24, 2.45) is 0 Å². The number of carbonyl (C=O) groups excluding carboxylic acids is 2. The summed E-state index contributed by atoms with van der Waals surface area (Å²) in [5, 5.41) is 23.3. The van der Waals surface area contributed by atoms with Gasteiger partial charge in [-0.15, -0.1) is 0 Å². The number of nitrogens with one attached hydrogen (secondary N) is 1. The van der Waals surface area contributed by atoms with Gasteiger partial charge in [-0.05, 0) is 51.4 Å². The monoisotopic (exact) mass is 946 g/mol. The highest BCUT2D eigenvalue weighted by molar-refractivity contribution is 5.76. The average molecular weight is 947 g/mol. The second-order valence-corrected chi connectivity index (χ2v) is 21.0. The summed E-state index contributed by atoms with van der Waals surface area (Å²) in [6, 6.07) is -0.567. The molecule has 398 valence electrons. The lowest BCUT2D eigenvalue weighted by atomic mass is 10.0. The van der Waals surface area contributed by atoms with E-state index in [1.54, 1.807) is 0 Å². The first-order valence-corrected chi connectivity index (χ1v) is 30.4. The maximum atomic E-state index is 12.5. The summed E-state index contributed by atoms with van der Waals surface area (Å²) in [7, 11) is 0. The molecule has 0 saturated carbocycles. The fourth-order valence-electron chi connectivity index (χ4n) is 9.64. The van der Waals surface area contributed by atoms with Crippen LogP contribution in [-0.4, -0.2) is 47.4 Å². The molecule has 0 aromatic rings. The van der Waals surface area contributed by atoms with Crippen LogP contribution in [0.3, 0.4) is 0 Å². The van der Waals surface area contributed by atoms with Crippen molar-refractivity contribution >= 4 is 11.9 Å². The Balaban J connectivity index is 3.48. The number of aliphatic hydroxyl groups excluding tert-OH is 2. The van der Waals surface area contributed by atoms with Gasteiger partial charge >= 0.3 is 5.97 Å². The molecule has 0 aliphatic carbocycles. The molecule has 0 bridgehead atoms. The molecule has 2 atom stereocenters. The van der Waals surface area contributed by atoms with Gasteiger partial charge in [-0.2, -0.15) is 0 Å². The summed E-state index contributed by atoms with van der Waals surface area (Å²) in [6.07, 6.45) is 67.9. The maximum Gasteiger partial charge on any atom is 0.305 e. The molecule has 6 nitrogen and oxygen atoms in total. The average Bonchev–Trinajstić information content (AvgIpc) is 3.33. The van der Waals surface area contributed by atoms with E-state index in [0.29, 0.717) is 25.9 Å². The number of hydrogen-bond donors (Lipinski definition) is 3. The summed E-state index contributed by atoms with van der Waals surface area (Å²) in [6.45, 7) is 4.90. The van der Waals surface area contributed by atoms with Gasteiger partial charge in [0.05, 0.1) is 25.4 Å². The van der Waals surface area contributed by atoms with Crippen LogP contribution in [0.2, 0.25) is 0 Å². The van der Waals surface area contributed by atoms with Gasteiger partial charge < -0.3 is 20.3 Å². The minimum Gasteiger partial charge on any atom is -0.466 e. The molecule has 0 spiro atoms. The molecule has 2 unspecified atom stereocenters. The second-order valence-electron chi connectivity index (χ2n) is 21.0. The van der Waals surface area contributed by atoms with Gasteiger partial charge in [0.25, 0.3) is 0 Å². The van der Waals surface area contributed by atoms with Crippen molar-refractivity contribution in [3.8, 4) is 0 Å². The highest BCUT2D eigenvalue weighted by atomic mass is 16.5. The molecule has 0 rings (SSSR count). The summed E-state index contributed by atoms with van der Waals surface area (Å²) >= 11 is 0. The number of allylic oxidation sites excluding steroid dienone is 2. The third kappa shape index (κ3) is 53.8. The van der Waals surface area contributed by atoms with Crippen LogP contribution in [0.15, 0.2) is 12.2 Å². The van der Waals surface area contributed by atoms with Gasteiger partial charge in [0, 0.05) is 12.8 Å². The topological polar surface area (TPSA) is 95.9 Å². The Morgan fingerprint density at radius 3 is 1.06 bits per heavy atom. The number of rotatable bonds is 57. The van der Waals surface area contributed by atoms with E-state index in [1.807, 2.05) is 0 Å². The number of unbranched alkanes of at least 4 members (excludes halogenated alkanes) is 44. The number of hydrogen-bond acceptors (Lipinski definition) is 5. The zero-order valence-electron chi connectivity index (χ0n) is 45.4. The van der Waals surface area contributed by atoms with E-state index in [-0.39, 0.29) is 18.5 Å². The minimum atomic E-state index is -0.686. The molecule has 0 aromatic heterocycles. The summed E-state index contributed by atoms with van der Waals surface area (Å²) in [4.78, 5) is 24.6. The van der Waals surface area contributed by atoms with Gasteiger partial charge in [0.2, 0.25) is 5.91 Å². The molecule has 0 heterocycles. The predicted molar refractivity (Wildman–Crippen MR) is 292 cm³/mol. The number of amides is 1. The standard InChI is InChI=1S/C61H119NO5/c1-3-5-7-9-11-13-15-17-19-21-22-23-24-25-26-28-29-31-33-37-41-45-49-53-59(64)58(57-63)62-60(65)54-50-46-42-38-35-36-40-44-48-52-56-67-61(66)55-51-47-43-39-34-32-30-27-20-18-16-14-12-10-8-6-4-2/h36,40,58-59,63-64H,3-35,37-39,41-57H2,1-2H3,(H,62,65)/b40-36-. The first-order chi connectivity index (χ1) is 33.0. The van der Waals surface area contributed by atoms with Crippen LogP contribution in [0.1, 0.15) is 341 Å². The van der Waals surface area contributed by atoms with Crippen molar-refractivity contribution in [3.05, 3.63) is 12.2 Å². The Morgan fingerprint density at radius 2 is 0.701 bits per heavy atom. The van der Waals surface area contributed by atoms with Gasteiger partial charge in [0.15, 0.2) is 0 Å². The molecular weight excluding hydrogens is 827 g/mol. The smallest absolute Gasteiger partial charge is 0.305 e. The molecule has 0 radical (unpaired) electrons. The lowest BCUT2D eigenvalue weighted by Crippen LogP contribution is -2.45. The lowest BCUT2D eigenvalue weighted by molar-refractivity contribution is -0.143. The normalized spacial score (nSPS) is 12.6. The third-order valence-electron chi connectivity index (χ3n) is 14.3. The fourth-order valence-corrected chi connectivity index (χ4v) is 9.64. The maximum absolute atomic E-state index is 12.5. The van der Waals surface area contributed by atoms with Crippen LogP contribution < -0.4 is 5.32 Å². The van der Waals surface area contributed by atoms with Crippen molar-refractivity contribution in [2.45, 2.75) is 353 Å². The van der Waals surface area contributed by atoms with E-state index in [9.17, 15) is 19.8 Å². The Bertz CT molecular complexity index is 1000. The largest absolute Gasteiger partial charge is 0.466 e. The molecule has 3 N–H and O–H groups in total. The summed E-state index contributed by atoms with van der Waals surface area (Å²) < 4.78 is 5.46. The first kappa shape index (κ1) is 65.6. The first-order valence-electron chi connectivity index (χ1n) is 30.4. The zero-order chi connectivity index (χ0) is 48.6. The minimum absolute atomic E-state index is 0.0311. The molecule has 0 aromatic carbocycles. The van der Waals surface area contributed by atoms with E-state index < -0.39 is 12.1 Å². The van der Waals surface area contributed by atoms with Crippen molar-refractivity contribution in [2.75, 3.05) is 13.2 Å². The van der Waals surface area contributed by atoms with E-state index >= 15 is 0 Å². The number of carbonyl (C=O) groups is 2. The van der Waals surface area contributed by atoms with E-state index in [4.69, 9.17) is 4.74 Å². The van der Waals surface area contributed by atoms with Crippen molar-refractivity contribution < 1.29 is 24.5 Å². The molecule has 0 aliphatic rings. The lowest BCUT2D eigenvalue weighted by Gasteiger charge is -2.22. The van der Waals surface area contributed by atoms with Gasteiger partial charge in [-0.25, -0.2) is 0 Å². The van der Waals surface area contributed by atoms with Gasteiger partial charge in [0.1, 0.15) is 0 Å². The summed E-state index contributed by atoms with van der Waals surface area (Å²) in [5.74, 6) is -0.0973. The van der Waals surface area contributed by atoms with Crippen molar-refractivity contribution in [1.82, 2.24) is 5.32 Å². The van der Waals surface area contributed by atoms with Crippen LogP contribution >= 0.6 is 0 Å². The van der Waals surface area contributed by atoms with Gasteiger partial charge in [-0.1, -0.05) is 289 Å². The quantitative estimate of drug-likeness (QED) is 0.0321. The molecule has 0 fully saturated rings.